The zero-order valence-electron chi connectivity index (χ0n) is 12.4. The molecule has 0 heterocycles. The van der Waals surface area contributed by atoms with Gasteiger partial charge in [-0.25, -0.2) is 8.78 Å². The van der Waals surface area contributed by atoms with Crippen LogP contribution in [0.25, 0.3) is 0 Å². The minimum Gasteiger partial charge on any atom is -0.322 e. The maximum atomic E-state index is 14.2. The molecule has 0 aliphatic heterocycles. The van der Waals surface area contributed by atoms with Crippen molar-refractivity contribution in [1.82, 2.24) is 4.90 Å². The van der Waals surface area contributed by atoms with Gasteiger partial charge in [0.15, 0.2) is 0 Å². The van der Waals surface area contributed by atoms with Crippen LogP contribution in [0.3, 0.4) is 0 Å². The molecule has 0 aliphatic rings. The van der Waals surface area contributed by atoms with Crippen molar-refractivity contribution in [3.8, 4) is 0 Å². The number of benzene rings is 1. The molecule has 0 saturated heterocycles. The van der Waals surface area contributed by atoms with E-state index in [1.165, 1.54) is 12.1 Å². The Hall–Kier alpha value is -1.00. The zero-order valence-corrected chi connectivity index (χ0v) is 12.4. The van der Waals surface area contributed by atoms with E-state index in [0.717, 1.165) is 13.1 Å². The second-order valence-corrected chi connectivity index (χ2v) is 5.40. The van der Waals surface area contributed by atoms with Crippen LogP contribution < -0.4 is 5.73 Å². The highest BCUT2D eigenvalue weighted by Crippen LogP contribution is 2.32. The van der Waals surface area contributed by atoms with Crippen LogP contribution in [0, 0.1) is 18.6 Å². The van der Waals surface area contributed by atoms with E-state index < -0.39 is 23.2 Å². The van der Waals surface area contributed by atoms with Gasteiger partial charge in [0, 0.05) is 11.1 Å². The molecule has 0 saturated carbocycles. The largest absolute Gasteiger partial charge is 0.322 e. The summed E-state index contributed by atoms with van der Waals surface area (Å²) < 4.78 is 28.1. The van der Waals surface area contributed by atoms with E-state index in [1.807, 2.05) is 27.7 Å². The molecule has 2 nitrogen and oxygen atoms in total. The molecule has 0 fully saturated rings. The Kier molecular flexibility index (Phi) is 5.04. The number of nitrogens with zero attached hydrogens (tertiary/aromatic N) is 1. The summed E-state index contributed by atoms with van der Waals surface area (Å²) in [5, 5.41) is 0. The highest BCUT2D eigenvalue weighted by Gasteiger charge is 2.35. The Balaban J connectivity index is 3.26. The number of hydrogen-bond donors (Lipinski definition) is 1. The second kappa shape index (κ2) is 5.97. The third-order valence-corrected chi connectivity index (χ3v) is 3.97. The molecule has 0 aliphatic carbocycles. The molecule has 0 amide bonds. The molecular weight excluding hydrogens is 246 g/mol. The highest BCUT2D eigenvalue weighted by molar-refractivity contribution is 5.31. The fourth-order valence-electron chi connectivity index (χ4n) is 2.55. The number of hydrogen-bond acceptors (Lipinski definition) is 2. The normalized spacial score (nSPS) is 13.9. The van der Waals surface area contributed by atoms with Crippen molar-refractivity contribution in [2.75, 3.05) is 13.1 Å². The number of halogens is 2. The molecule has 1 aromatic rings. The first-order valence-electron chi connectivity index (χ1n) is 6.72. The van der Waals surface area contributed by atoms with Crippen LogP contribution in [-0.4, -0.2) is 23.5 Å². The van der Waals surface area contributed by atoms with Crippen LogP contribution in [0.4, 0.5) is 8.78 Å². The predicted molar refractivity (Wildman–Crippen MR) is 75.0 cm³/mol. The monoisotopic (exact) mass is 270 g/mol. The number of likely N-dealkylation sites (N-methyl/N-ethyl adjacent to an activating group) is 1. The minimum absolute atomic E-state index is 0.0168. The van der Waals surface area contributed by atoms with Crippen LogP contribution in [-0.2, 0) is 0 Å². The van der Waals surface area contributed by atoms with E-state index in [9.17, 15) is 8.78 Å². The summed E-state index contributed by atoms with van der Waals surface area (Å²) in [4.78, 5) is 2.11. The molecule has 2 N–H and O–H groups in total. The molecule has 0 spiro atoms. The van der Waals surface area contributed by atoms with Crippen LogP contribution in [0.5, 0.6) is 0 Å². The van der Waals surface area contributed by atoms with Gasteiger partial charge in [0.1, 0.15) is 11.6 Å². The van der Waals surface area contributed by atoms with Gasteiger partial charge in [0.25, 0.3) is 0 Å². The van der Waals surface area contributed by atoms with E-state index in [1.54, 1.807) is 6.92 Å². The van der Waals surface area contributed by atoms with E-state index in [0.29, 0.717) is 5.56 Å². The Labute approximate surface area is 114 Å². The lowest BCUT2D eigenvalue weighted by Gasteiger charge is -2.42. The number of rotatable bonds is 5. The van der Waals surface area contributed by atoms with Gasteiger partial charge in [-0.3, -0.25) is 4.90 Å². The molecule has 108 valence electrons. The van der Waals surface area contributed by atoms with Gasteiger partial charge in [-0.2, -0.15) is 0 Å². The van der Waals surface area contributed by atoms with Gasteiger partial charge < -0.3 is 5.73 Å². The zero-order chi connectivity index (χ0) is 14.8. The quantitative estimate of drug-likeness (QED) is 0.888. The van der Waals surface area contributed by atoms with E-state index in [4.69, 9.17) is 5.73 Å². The lowest BCUT2D eigenvalue weighted by atomic mass is 9.86. The first-order valence-corrected chi connectivity index (χ1v) is 6.72. The Morgan fingerprint density at radius 3 is 2.21 bits per heavy atom. The summed E-state index contributed by atoms with van der Waals surface area (Å²) >= 11 is 0. The molecule has 1 atom stereocenters. The fraction of sp³-hybridized carbons (Fsp3) is 0.600. The molecule has 0 radical (unpaired) electrons. The standard InChI is InChI=1S/C15H24F2N2/c1-6-19(7-2)15(4,5)14(18)12-11(16)9-8-10(3)13(12)17/h8-9,14H,6-7,18H2,1-5H3. The average Bonchev–Trinajstić information content (AvgIpc) is 2.35. The van der Waals surface area contributed by atoms with Gasteiger partial charge in [-0.1, -0.05) is 19.9 Å². The van der Waals surface area contributed by atoms with Crippen molar-refractivity contribution < 1.29 is 8.78 Å². The van der Waals surface area contributed by atoms with E-state index >= 15 is 0 Å². The summed E-state index contributed by atoms with van der Waals surface area (Å²) in [6, 6.07) is 2.00. The van der Waals surface area contributed by atoms with Crippen LogP contribution >= 0.6 is 0 Å². The lowest BCUT2D eigenvalue weighted by molar-refractivity contribution is 0.104. The van der Waals surface area contributed by atoms with Crippen molar-refractivity contribution in [2.45, 2.75) is 46.2 Å². The van der Waals surface area contributed by atoms with Crippen LogP contribution in [0.1, 0.15) is 44.9 Å². The summed E-state index contributed by atoms with van der Waals surface area (Å²) in [7, 11) is 0. The maximum Gasteiger partial charge on any atom is 0.133 e. The van der Waals surface area contributed by atoms with Gasteiger partial charge in [-0.05, 0) is 45.5 Å². The molecule has 1 unspecified atom stereocenters. The lowest BCUT2D eigenvalue weighted by Crippen LogP contribution is -2.51. The predicted octanol–water partition coefficient (Wildman–Crippen LogP) is 3.39. The van der Waals surface area contributed by atoms with Crippen molar-refractivity contribution in [3.05, 3.63) is 34.9 Å². The maximum absolute atomic E-state index is 14.2. The average molecular weight is 270 g/mol. The van der Waals surface area contributed by atoms with Crippen molar-refractivity contribution in [2.24, 2.45) is 5.73 Å². The topological polar surface area (TPSA) is 29.3 Å². The van der Waals surface area contributed by atoms with E-state index in [-0.39, 0.29) is 5.56 Å². The fourth-order valence-corrected chi connectivity index (χ4v) is 2.55. The van der Waals surface area contributed by atoms with Gasteiger partial charge in [-0.15, -0.1) is 0 Å². The summed E-state index contributed by atoms with van der Waals surface area (Å²) in [5.41, 5.74) is 6.06. The molecule has 1 rings (SSSR count). The summed E-state index contributed by atoms with van der Waals surface area (Å²) in [5.74, 6) is -1.11. The molecule has 19 heavy (non-hydrogen) atoms. The van der Waals surface area contributed by atoms with Gasteiger partial charge in [0.05, 0.1) is 6.04 Å². The SMILES string of the molecule is CCN(CC)C(C)(C)C(N)c1c(F)ccc(C)c1F. The Morgan fingerprint density at radius 1 is 1.21 bits per heavy atom. The van der Waals surface area contributed by atoms with Crippen molar-refractivity contribution in [3.63, 3.8) is 0 Å². The van der Waals surface area contributed by atoms with Gasteiger partial charge >= 0.3 is 0 Å². The molecule has 1 aromatic carbocycles. The van der Waals surface area contributed by atoms with Gasteiger partial charge in [0.2, 0.25) is 0 Å². The molecule has 4 heteroatoms. The minimum atomic E-state index is -0.715. The third kappa shape index (κ3) is 2.95. The van der Waals surface area contributed by atoms with Crippen molar-refractivity contribution >= 4 is 0 Å². The number of nitrogens with two attached hydrogens (primary N) is 1. The first-order chi connectivity index (χ1) is 8.77. The molecule has 0 aromatic heterocycles. The summed E-state index contributed by atoms with van der Waals surface area (Å²) in [6.45, 7) is 11.1. The first kappa shape index (κ1) is 16.1. The second-order valence-electron chi connectivity index (χ2n) is 5.40. The Morgan fingerprint density at radius 2 is 1.74 bits per heavy atom. The summed E-state index contributed by atoms with van der Waals surface area (Å²) in [6.07, 6.45) is 0. The van der Waals surface area contributed by atoms with E-state index in [2.05, 4.69) is 4.90 Å². The molecule has 0 bridgehead atoms. The molecular formula is C15H24F2N2. The Bertz CT molecular complexity index is 440. The smallest absolute Gasteiger partial charge is 0.133 e. The van der Waals surface area contributed by atoms with Crippen LogP contribution in [0.15, 0.2) is 12.1 Å². The highest BCUT2D eigenvalue weighted by atomic mass is 19.1. The van der Waals surface area contributed by atoms with Crippen molar-refractivity contribution in [1.29, 1.82) is 0 Å². The third-order valence-electron chi connectivity index (χ3n) is 3.97. The van der Waals surface area contributed by atoms with Crippen LogP contribution in [0.2, 0.25) is 0 Å². The number of aryl methyl sites for hydroxylation is 1.